The molecule has 1 N–H and O–H groups in total. The normalized spacial score (nSPS) is 15.5. The second-order valence-corrected chi connectivity index (χ2v) is 9.11. The minimum absolute atomic E-state index is 0.0234. The molecule has 0 atom stereocenters. The Balaban J connectivity index is 1.65. The Bertz CT molecular complexity index is 820. The smallest absolute Gasteiger partial charge is 0.226 e. The Morgan fingerprint density at radius 2 is 1.92 bits per heavy atom. The zero-order chi connectivity index (χ0) is 17.2. The second-order valence-electron chi connectivity index (χ2n) is 6.24. The maximum atomic E-state index is 12.1. The zero-order valence-electron chi connectivity index (χ0n) is 13.5. The maximum Gasteiger partial charge on any atom is 0.226 e. The molecule has 1 aromatic carbocycles. The number of carbonyl (C=O) groups excluding carboxylic acids is 1. The van der Waals surface area contributed by atoms with Crippen LogP contribution in [0.5, 0.6) is 0 Å². The number of rotatable bonds is 5. The molecule has 1 aromatic heterocycles. The molecule has 0 aliphatic heterocycles. The maximum absolute atomic E-state index is 12.1. The van der Waals surface area contributed by atoms with Crippen molar-refractivity contribution in [2.75, 3.05) is 11.6 Å². The van der Waals surface area contributed by atoms with Crippen molar-refractivity contribution in [1.29, 1.82) is 0 Å². The summed E-state index contributed by atoms with van der Waals surface area (Å²) in [7, 11) is -3.20. The van der Waals surface area contributed by atoms with Gasteiger partial charge in [-0.2, -0.15) is 0 Å². The van der Waals surface area contributed by atoms with Gasteiger partial charge in [-0.05, 0) is 30.9 Å². The molecule has 2 aromatic rings. The number of nitrogens with zero attached hydrogens (tertiary/aromatic N) is 1. The van der Waals surface area contributed by atoms with Crippen LogP contribution in [0.3, 0.4) is 0 Å². The average molecular weight is 364 g/mol. The Kier molecular flexibility index (Phi) is 5.01. The van der Waals surface area contributed by atoms with Gasteiger partial charge in [-0.1, -0.05) is 25.0 Å². The number of amides is 1. The van der Waals surface area contributed by atoms with E-state index in [4.69, 9.17) is 0 Å². The van der Waals surface area contributed by atoms with Gasteiger partial charge in [0.15, 0.2) is 15.0 Å². The standard InChI is InChI=1S/C17H20N2O3S2/c1-24(21,22)14-8-6-13(7-9-14)15-11-23-17(18-15)19-16(20)10-12-4-2-3-5-12/h6-9,11-12H,2-5,10H2,1H3,(H,18,19,20). The van der Waals surface area contributed by atoms with Crippen LogP contribution in [-0.4, -0.2) is 25.6 Å². The van der Waals surface area contributed by atoms with Gasteiger partial charge in [0, 0.05) is 23.6 Å². The predicted molar refractivity (Wildman–Crippen MR) is 95.9 cm³/mol. The third-order valence-electron chi connectivity index (χ3n) is 4.28. The van der Waals surface area contributed by atoms with Gasteiger partial charge in [-0.3, -0.25) is 4.79 Å². The van der Waals surface area contributed by atoms with Crippen LogP contribution in [0.4, 0.5) is 5.13 Å². The van der Waals surface area contributed by atoms with E-state index in [2.05, 4.69) is 10.3 Å². The summed E-state index contributed by atoms with van der Waals surface area (Å²) in [6, 6.07) is 6.61. The summed E-state index contributed by atoms with van der Waals surface area (Å²) in [4.78, 5) is 16.8. The second kappa shape index (κ2) is 7.03. The van der Waals surface area contributed by atoms with Crippen molar-refractivity contribution in [3.63, 3.8) is 0 Å². The monoisotopic (exact) mass is 364 g/mol. The molecule has 5 nitrogen and oxygen atoms in total. The largest absolute Gasteiger partial charge is 0.302 e. The van der Waals surface area contributed by atoms with E-state index in [0.717, 1.165) is 24.1 Å². The highest BCUT2D eigenvalue weighted by atomic mass is 32.2. The summed E-state index contributed by atoms with van der Waals surface area (Å²) in [5, 5.41) is 5.31. The summed E-state index contributed by atoms with van der Waals surface area (Å²) >= 11 is 1.38. The lowest BCUT2D eigenvalue weighted by molar-refractivity contribution is -0.117. The molecule has 0 bridgehead atoms. The Hall–Kier alpha value is -1.73. The first-order chi connectivity index (χ1) is 11.4. The fourth-order valence-corrected chi connectivity index (χ4v) is 4.35. The predicted octanol–water partition coefficient (Wildman–Crippen LogP) is 3.73. The van der Waals surface area contributed by atoms with Gasteiger partial charge in [-0.25, -0.2) is 13.4 Å². The van der Waals surface area contributed by atoms with Crippen molar-refractivity contribution >= 4 is 32.2 Å². The molecule has 1 fully saturated rings. The number of carbonyl (C=O) groups is 1. The lowest BCUT2D eigenvalue weighted by atomic mass is 10.0. The van der Waals surface area contributed by atoms with E-state index in [9.17, 15) is 13.2 Å². The van der Waals surface area contributed by atoms with E-state index in [1.54, 1.807) is 24.3 Å². The first-order valence-corrected chi connectivity index (χ1v) is 10.7. The first kappa shape index (κ1) is 17.1. The minimum atomic E-state index is -3.20. The number of benzene rings is 1. The Labute approximate surface area is 146 Å². The van der Waals surface area contributed by atoms with E-state index in [1.807, 2.05) is 5.38 Å². The molecule has 7 heteroatoms. The summed E-state index contributed by atoms with van der Waals surface area (Å²) < 4.78 is 23.0. The summed E-state index contributed by atoms with van der Waals surface area (Å²) in [5.74, 6) is 0.531. The van der Waals surface area contributed by atoms with Crippen LogP contribution < -0.4 is 5.32 Å². The van der Waals surface area contributed by atoms with Gasteiger partial charge in [0.25, 0.3) is 0 Å². The molecular formula is C17H20N2O3S2. The lowest BCUT2D eigenvalue weighted by Crippen LogP contribution is -2.14. The van der Waals surface area contributed by atoms with E-state index in [-0.39, 0.29) is 10.8 Å². The number of anilines is 1. The molecule has 1 heterocycles. The number of hydrogen-bond donors (Lipinski definition) is 1. The van der Waals surface area contributed by atoms with Gasteiger partial charge in [0.05, 0.1) is 10.6 Å². The Morgan fingerprint density at radius 1 is 1.25 bits per heavy atom. The van der Waals surface area contributed by atoms with Gasteiger partial charge in [0.1, 0.15) is 0 Å². The highest BCUT2D eigenvalue weighted by Gasteiger charge is 2.19. The highest BCUT2D eigenvalue weighted by molar-refractivity contribution is 7.90. The van der Waals surface area contributed by atoms with Crippen molar-refractivity contribution in [2.24, 2.45) is 5.92 Å². The molecular weight excluding hydrogens is 344 g/mol. The first-order valence-electron chi connectivity index (χ1n) is 7.98. The third-order valence-corrected chi connectivity index (χ3v) is 6.16. The molecule has 1 amide bonds. The van der Waals surface area contributed by atoms with Crippen LogP contribution in [0.25, 0.3) is 11.3 Å². The molecule has 0 unspecified atom stereocenters. The van der Waals surface area contributed by atoms with Crippen LogP contribution in [-0.2, 0) is 14.6 Å². The summed E-state index contributed by atoms with van der Waals surface area (Å²) in [5.41, 5.74) is 1.56. The fourth-order valence-electron chi connectivity index (χ4n) is 2.98. The highest BCUT2D eigenvalue weighted by Crippen LogP contribution is 2.29. The quantitative estimate of drug-likeness (QED) is 0.877. The van der Waals surface area contributed by atoms with Gasteiger partial charge in [-0.15, -0.1) is 11.3 Å². The van der Waals surface area contributed by atoms with Crippen LogP contribution in [0.15, 0.2) is 34.5 Å². The SMILES string of the molecule is CS(=O)(=O)c1ccc(-c2csc(NC(=O)CC3CCCC3)n2)cc1. The number of sulfone groups is 1. The molecule has 1 aliphatic carbocycles. The van der Waals surface area contributed by atoms with Crippen molar-refractivity contribution < 1.29 is 13.2 Å². The van der Waals surface area contributed by atoms with Crippen LogP contribution in [0, 0.1) is 5.92 Å². The van der Waals surface area contributed by atoms with E-state index in [1.165, 1.54) is 30.4 Å². The molecule has 24 heavy (non-hydrogen) atoms. The van der Waals surface area contributed by atoms with E-state index in [0.29, 0.717) is 17.5 Å². The third kappa shape index (κ3) is 4.21. The van der Waals surface area contributed by atoms with Crippen molar-refractivity contribution in [3.05, 3.63) is 29.6 Å². The zero-order valence-corrected chi connectivity index (χ0v) is 15.1. The van der Waals surface area contributed by atoms with Gasteiger partial charge in [0.2, 0.25) is 5.91 Å². The van der Waals surface area contributed by atoms with Crippen molar-refractivity contribution in [2.45, 2.75) is 37.0 Å². The number of aromatic nitrogens is 1. The topological polar surface area (TPSA) is 76.1 Å². The molecule has 1 aliphatic rings. The van der Waals surface area contributed by atoms with Crippen LogP contribution >= 0.6 is 11.3 Å². The molecule has 1 saturated carbocycles. The van der Waals surface area contributed by atoms with E-state index < -0.39 is 9.84 Å². The molecule has 0 saturated heterocycles. The summed E-state index contributed by atoms with van der Waals surface area (Å²) in [6.45, 7) is 0. The Morgan fingerprint density at radius 3 is 2.54 bits per heavy atom. The molecule has 128 valence electrons. The van der Waals surface area contributed by atoms with Crippen molar-refractivity contribution in [1.82, 2.24) is 4.98 Å². The summed E-state index contributed by atoms with van der Waals surface area (Å²) in [6.07, 6.45) is 6.49. The molecule has 3 rings (SSSR count). The van der Waals surface area contributed by atoms with Gasteiger partial charge < -0.3 is 5.32 Å². The average Bonchev–Trinajstić information content (AvgIpc) is 3.18. The molecule has 0 spiro atoms. The minimum Gasteiger partial charge on any atom is -0.302 e. The lowest BCUT2D eigenvalue weighted by Gasteiger charge is -2.07. The van der Waals surface area contributed by atoms with Crippen molar-refractivity contribution in [3.8, 4) is 11.3 Å². The van der Waals surface area contributed by atoms with Crippen LogP contribution in [0.1, 0.15) is 32.1 Å². The molecule has 0 radical (unpaired) electrons. The van der Waals surface area contributed by atoms with Crippen LogP contribution in [0.2, 0.25) is 0 Å². The van der Waals surface area contributed by atoms with Gasteiger partial charge >= 0.3 is 0 Å². The number of hydrogen-bond acceptors (Lipinski definition) is 5. The fraction of sp³-hybridized carbons (Fsp3) is 0.412. The number of thiazole rings is 1. The number of nitrogens with one attached hydrogen (secondary N) is 1. The van der Waals surface area contributed by atoms with E-state index >= 15 is 0 Å².